The zero-order chi connectivity index (χ0) is 11.5. The van der Waals surface area contributed by atoms with E-state index in [1.807, 2.05) is 25.3 Å². The van der Waals surface area contributed by atoms with Gasteiger partial charge >= 0.3 is 0 Å². The summed E-state index contributed by atoms with van der Waals surface area (Å²) in [6.07, 6.45) is 3.53. The van der Waals surface area contributed by atoms with E-state index in [0.717, 1.165) is 17.0 Å². The van der Waals surface area contributed by atoms with Gasteiger partial charge in [-0.15, -0.1) is 0 Å². The average molecular weight is 218 g/mol. The Kier molecular flexibility index (Phi) is 2.87. The maximum Gasteiger partial charge on any atom is 0.0965 e. The summed E-state index contributed by atoms with van der Waals surface area (Å²) in [5.74, 6) is 0. The highest BCUT2D eigenvalue weighted by Gasteiger charge is 2.07. The standard InChI is InChI=1S/C11H14N4O/c1-8-2-3-10(12)11(14-8)9-6-13-15(7-9)4-5-16/h2-3,6-7,16H,4-5,12H2,1H3. The summed E-state index contributed by atoms with van der Waals surface area (Å²) in [6.45, 7) is 2.46. The maximum absolute atomic E-state index is 8.80. The molecule has 2 aromatic heterocycles. The van der Waals surface area contributed by atoms with Crippen molar-refractivity contribution in [1.82, 2.24) is 14.8 Å². The van der Waals surface area contributed by atoms with Gasteiger partial charge in [0.1, 0.15) is 0 Å². The van der Waals surface area contributed by atoms with E-state index in [-0.39, 0.29) is 6.61 Å². The van der Waals surface area contributed by atoms with Crippen molar-refractivity contribution in [2.24, 2.45) is 0 Å². The highest BCUT2D eigenvalue weighted by molar-refractivity contribution is 5.71. The van der Waals surface area contributed by atoms with Crippen LogP contribution < -0.4 is 5.73 Å². The van der Waals surface area contributed by atoms with Crippen molar-refractivity contribution in [3.05, 3.63) is 30.2 Å². The molecule has 0 radical (unpaired) electrons. The lowest BCUT2D eigenvalue weighted by atomic mass is 10.2. The largest absolute Gasteiger partial charge is 0.397 e. The van der Waals surface area contributed by atoms with Crippen LogP contribution in [0.1, 0.15) is 5.69 Å². The second-order valence-electron chi connectivity index (χ2n) is 3.61. The number of anilines is 1. The van der Waals surface area contributed by atoms with Gasteiger partial charge in [0.2, 0.25) is 0 Å². The number of aromatic nitrogens is 3. The van der Waals surface area contributed by atoms with Crippen LogP contribution in [-0.2, 0) is 6.54 Å². The normalized spacial score (nSPS) is 10.6. The highest BCUT2D eigenvalue weighted by Crippen LogP contribution is 2.23. The first-order valence-electron chi connectivity index (χ1n) is 5.07. The lowest BCUT2D eigenvalue weighted by Crippen LogP contribution is -2.01. The highest BCUT2D eigenvalue weighted by atomic mass is 16.3. The lowest BCUT2D eigenvalue weighted by molar-refractivity contribution is 0.269. The zero-order valence-electron chi connectivity index (χ0n) is 9.09. The average Bonchev–Trinajstić information content (AvgIpc) is 2.71. The molecule has 0 saturated heterocycles. The number of nitrogen functional groups attached to an aromatic ring is 1. The van der Waals surface area contributed by atoms with Crippen LogP contribution in [0.2, 0.25) is 0 Å². The lowest BCUT2D eigenvalue weighted by Gasteiger charge is -2.02. The fourth-order valence-electron chi connectivity index (χ4n) is 1.51. The fourth-order valence-corrected chi connectivity index (χ4v) is 1.51. The molecule has 2 heterocycles. The molecule has 0 aliphatic heterocycles. The van der Waals surface area contributed by atoms with Gasteiger partial charge in [0.25, 0.3) is 0 Å². The van der Waals surface area contributed by atoms with E-state index in [2.05, 4.69) is 10.1 Å². The molecule has 2 aromatic rings. The third kappa shape index (κ3) is 2.04. The third-order valence-corrected chi connectivity index (χ3v) is 2.30. The molecule has 0 bridgehead atoms. The van der Waals surface area contributed by atoms with Gasteiger partial charge in [0.15, 0.2) is 0 Å². The Hall–Kier alpha value is -1.88. The second-order valence-corrected chi connectivity index (χ2v) is 3.61. The summed E-state index contributed by atoms with van der Waals surface area (Å²) < 4.78 is 1.67. The molecule has 2 rings (SSSR count). The maximum atomic E-state index is 8.80. The first-order chi connectivity index (χ1) is 7.70. The number of aliphatic hydroxyl groups excluding tert-OH is 1. The topological polar surface area (TPSA) is 77.0 Å². The van der Waals surface area contributed by atoms with Gasteiger partial charge in [0, 0.05) is 17.5 Å². The SMILES string of the molecule is Cc1ccc(N)c(-c2cnn(CCO)c2)n1. The Labute approximate surface area is 93.5 Å². The molecule has 84 valence electrons. The quantitative estimate of drug-likeness (QED) is 0.800. The number of aryl methyl sites for hydroxylation is 1. The number of nitrogens with zero attached hydrogens (tertiary/aromatic N) is 3. The molecule has 0 fully saturated rings. The number of nitrogens with two attached hydrogens (primary N) is 1. The predicted octanol–water partition coefficient (Wildman–Crippen LogP) is 0.828. The van der Waals surface area contributed by atoms with Crippen LogP contribution in [-0.4, -0.2) is 26.5 Å². The number of aliphatic hydroxyl groups is 1. The van der Waals surface area contributed by atoms with Gasteiger partial charge in [-0.2, -0.15) is 5.10 Å². The van der Waals surface area contributed by atoms with Crippen molar-refractivity contribution >= 4 is 5.69 Å². The summed E-state index contributed by atoms with van der Waals surface area (Å²) in [5.41, 5.74) is 9.02. The van der Waals surface area contributed by atoms with Crippen LogP contribution in [0.3, 0.4) is 0 Å². The Morgan fingerprint density at radius 1 is 1.44 bits per heavy atom. The van der Waals surface area contributed by atoms with Gasteiger partial charge in [-0.1, -0.05) is 0 Å². The molecule has 0 aromatic carbocycles. The molecule has 0 aliphatic rings. The minimum Gasteiger partial charge on any atom is -0.397 e. The van der Waals surface area contributed by atoms with Crippen molar-refractivity contribution in [3.8, 4) is 11.3 Å². The molecule has 3 N–H and O–H groups in total. The predicted molar refractivity (Wildman–Crippen MR) is 61.7 cm³/mol. The molecule has 5 heteroatoms. The van der Waals surface area contributed by atoms with Crippen LogP contribution in [0.25, 0.3) is 11.3 Å². The van der Waals surface area contributed by atoms with Crippen molar-refractivity contribution in [2.45, 2.75) is 13.5 Å². The van der Waals surface area contributed by atoms with Crippen molar-refractivity contribution in [2.75, 3.05) is 12.3 Å². The molecule has 0 spiro atoms. The molecule has 5 nitrogen and oxygen atoms in total. The van der Waals surface area contributed by atoms with E-state index in [0.29, 0.717) is 12.2 Å². The van der Waals surface area contributed by atoms with Crippen molar-refractivity contribution in [1.29, 1.82) is 0 Å². The van der Waals surface area contributed by atoms with Gasteiger partial charge in [-0.05, 0) is 19.1 Å². The molecule has 0 saturated carbocycles. The van der Waals surface area contributed by atoms with Crippen LogP contribution in [0.4, 0.5) is 5.69 Å². The van der Waals surface area contributed by atoms with E-state index < -0.39 is 0 Å². The summed E-state index contributed by atoms with van der Waals surface area (Å²) >= 11 is 0. The number of pyridine rings is 1. The second kappa shape index (κ2) is 4.32. The first kappa shape index (κ1) is 10.6. The molecular weight excluding hydrogens is 204 g/mol. The van der Waals surface area contributed by atoms with Gasteiger partial charge in [-0.25, -0.2) is 0 Å². The summed E-state index contributed by atoms with van der Waals surface area (Å²) in [6, 6.07) is 3.71. The summed E-state index contributed by atoms with van der Waals surface area (Å²) in [7, 11) is 0. The third-order valence-electron chi connectivity index (χ3n) is 2.30. The van der Waals surface area contributed by atoms with Gasteiger partial charge in [0.05, 0.1) is 30.7 Å². The van der Waals surface area contributed by atoms with Crippen LogP contribution in [0.5, 0.6) is 0 Å². The van der Waals surface area contributed by atoms with E-state index in [9.17, 15) is 0 Å². The Morgan fingerprint density at radius 3 is 3.00 bits per heavy atom. The fraction of sp³-hybridized carbons (Fsp3) is 0.273. The zero-order valence-corrected chi connectivity index (χ0v) is 9.09. The van der Waals surface area contributed by atoms with Crippen LogP contribution in [0.15, 0.2) is 24.5 Å². The van der Waals surface area contributed by atoms with Gasteiger partial charge in [-0.3, -0.25) is 9.67 Å². The van der Waals surface area contributed by atoms with Crippen LogP contribution >= 0.6 is 0 Å². The minimum absolute atomic E-state index is 0.0673. The Bertz CT molecular complexity index is 492. The number of hydrogen-bond donors (Lipinski definition) is 2. The smallest absolute Gasteiger partial charge is 0.0965 e. The molecule has 0 amide bonds. The van der Waals surface area contributed by atoms with E-state index >= 15 is 0 Å². The Morgan fingerprint density at radius 2 is 2.25 bits per heavy atom. The van der Waals surface area contributed by atoms with Crippen LogP contribution in [0, 0.1) is 6.92 Å². The van der Waals surface area contributed by atoms with Gasteiger partial charge < -0.3 is 10.8 Å². The summed E-state index contributed by atoms with van der Waals surface area (Å²) in [5, 5.41) is 12.9. The van der Waals surface area contributed by atoms with Crippen molar-refractivity contribution in [3.63, 3.8) is 0 Å². The molecule has 0 unspecified atom stereocenters. The Balaban J connectivity index is 2.38. The number of rotatable bonds is 3. The monoisotopic (exact) mass is 218 g/mol. The summed E-state index contributed by atoms with van der Waals surface area (Å²) in [4.78, 5) is 4.38. The van der Waals surface area contributed by atoms with E-state index in [1.54, 1.807) is 10.9 Å². The van der Waals surface area contributed by atoms with E-state index in [1.165, 1.54) is 0 Å². The van der Waals surface area contributed by atoms with Crippen molar-refractivity contribution < 1.29 is 5.11 Å². The minimum atomic E-state index is 0.0673. The first-order valence-corrected chi connectivity index (χ1v) is 5.07. The molecule has 0 atom stereocenters. The van der Waals surface area contributed by atoms with E-state index in [4.69, 9.17) is 10.8 Å². The molecule has 16 heavy (non-hydrogen) atoms. The number of hydrogen-bond acceptors (Lipinski definition) is 4. The molecular formula is C11H14N4O. The molecule has 0 aliphatic carbocycles.